The molecule has 0 radical (unpaired) electrons. The quantitative estimate of drug-likeness (QED) is 0.618. The topological polar surface area (TPSA) is 128 Å². The second kappa shape index (κ2) is 6.10. The summed E-state index contributed by atoms with van der Waals surface area (Å²) in [4.78, 5) is 8.60. The minimum absolute atomic E-state index is 0.00906. The van der Waals surface area contributed by atoms with Gasteiger partial charge in [0.05, 0.1) is 11.3 Å². The molecule has 2 heterocycles. The third-order valence-corrected chi connectivity index (χ3v) is 3.98. The Morgan fingerprint density at radius 1 is 1.30 bits per heavy atom. The van der Waals surface area contributed by atoms with E-state index >= 15 is 0 Å². The van der Waals surface area contributed by atoms with Crippen molar-refractivity contribution in [2.75, 3.05) is 18.8 Å². The molecule has 1 atom stereocenters. The normalized spacial score (nSPS) is 17.6. The van der Waals surface area contributed by atoms with Gasteiger partial charge in [-0.3, -0.25) is 0 Å². The monoisotopic (exact) mass is 311 g/mol. The van der Waals surface area contributed by atoms with Crippen LogP contribution in [-0.2, 0) is 0 Å². The molecule has 5 N–H and O–H groups in total. The number of phenolic OH excluding ortho intramolecular Hbond substituents is 2. The highest BCUT2D eigenvalue weighted by molar-refractivity contribution is 5.68. The molecule has 2 aromatic rings. The van der Waals surface area contributed by atoms with Gasteiger partial charge in [0, 0.05) is 12.5 Å². The molecule has 1 aliphatic rings. The molecular formula is C16H17N5O2. The number of hydrogen-bond donors (Lipinski definition) is 4. The average Bonchev–Trinajstić information content (AvgIpc) is 2.57. The smallest absolute Gasteiger partial charge is 0.165 e. The van der Waals surface area contributed by atoms with E-state index in [1.165, 1.54) is 18.2 Å². The number of benzene rings is 1. The van der Waals surface area contributed by atoms with Gasteiger partial charge in [-0.1, -0.05) is 0 Å². The number of nitrogen functional groups attached to an aromatic ring is 1. The van der Waals surface area contributed by atoms with Crippen LogP contribution in [0.25, 0.3) is 11.4 Å². The molecule has 0 saturated carbocycles. The number of anilines is 1. The molecule has 23 heavy (non-hydrogen) atoms. The first-order chi connectivity index (χ1) is 11.1. The molecular weight excluding hydrogens is 294 g/mol. The van der Waals surface area contributed by atoms with E-state index in [0.29, 0.717) is 5.69 Å². The molecule has 1 aromatic carbocycles. The van der Waals surface area contributed by atoms with Crippen molar-refractivity contribution in [3.05, 3.63) is 29.5 Å². The van der Waals surface area contributed by atoms with Crippen LogP contribution in [-0.4, -0.2) is 33.3 Å². The average molecular weight is 311 g/mol. The molecule has 3 rings (SSSR count). The van der Waals surface area contributed by atoms with Crippen LogP contribution in [0.1, 0.15) is 30.0 Å². The number of rotatable bonds is 2. The maximum Gasteiger partial charge on any atom is 0.165 e. The van der Waals surface area contributed by atoms with E-state index in [0.717, 1.165) is 25.9 Å². The van der Waals surface area contributed by atoms with Crippen molar-refractivity contribution < 1.29 is 10.2 Å². The Labute approximate surface area is 133 Å². The number of nitrogens with zero attached hydrogens (tertiary/aromatic N) is 3. The number of aromatic hydroxyl groups is 2. The molecule has 1 aromatic heterocycles. The Morgan fingerprint density at radius 3 is 2.83 bits per heavy atom. The number of piperidine rings is 1. The summed E-state index contributed by atoms with van der Waals surface area (Å²) in [5.41, 5.74) is 7.08. The molecule has 0 amide bonds. The molecule has 0 unspecified atom stereocenters. The maximum absolute atomic E-state index is 10.00. The van der Waals surface area contributed by atoms with Crippen LogP contribution in [0.4, 0.5) is 5.82 Å². The lowest BCUT2D eigenvalue weighted by Crippen LogP contribution is -2.29. The van der Waals surface area contributed by atoms with Crippen molar-refractivity contribution in [3.63, 3.8) is 0 Å². The summed E-state index contributed by atoms with van der Waals surface area (Å²) in [5, 5.41) is 32.3. The van der Waals surface area contributed by atoms with E-state index in [1.807, 2.05) is 0 Å². The van der Waals surface area contributed by atoms with Gasteiger partial charge in [-0.15, -0.1) is 0 Å². The van der Waals surface area contributed by atoms with Gasteiger partial charge in [0.15, 0.2) is 5.82 Å². The largest absolute Gasteiger partial charge is 0.508 e. The Morgan fingerprint density at radius 2 is 2.13 bits per heavy atom. The Kier molecular flexibility index (Phi) is 4.00. The van der Waals surface area contributed by atoms with E-state index in [-0.39, 0.29) is 40.2 Å². The molecule has 1 fully saturated rings. The number of nitrogens with one attached hydrogen (secondary N) is 1. The molecule has 118 valence electrons. The number of aromatic nitrogens is 2. The second-order valence-corrected chi connectivity index (χ2v) is 5.55. The third-order valence-electron chi connectivity index (χ3n) is 3.98. The molecule has 7 heteroatoms. The molecule has 1 aliphatic heterocycles. The van der Waals surface area contributed by atoms with Gasteiger partial charge in [-0.05, 0) is 37.6 Å². The first-order valence-corrected chi connectivity index (χ1v) is 7.40. The van der Waals surface area contributed by atoms with Crippen LogP contribution >= 0.6 is 0 Å². The van der Waals surface area contributed by atoms with Crippen LogP contribution < -0.4 is 11.1 Å². The van der Waals surface area contributed by atoms with Crippen molar-refractivity contribution >= 4 is 5.82 Å². The summed E-state index contributed by atoms with van der Waals surface area (Å²) in [6, 6.07) is 6.19. The number of phenols is 2. The number of hydrogen-bond acceptors (Lipinski definition) is 7. The van der Waals surface area contributed by atoms with E-state index in [2.05, 4.69) is 21.4 Å². The van der Waals surface area contributed by atoms with Crippen LogP contribution in [0.3, 0.4) is 0 Å². The van der Waals surface area contributed by atoms with Gasteiger partial charge in [-0.25, -0.2) is 9.97 Å². The van der Waals surface area contributed by atoms with Crippen molar-refractivity contribution in [2.24, 2.45) is 0 Å². The Balaban J connectivity index is 2.14. The third kappa shape index (κ3) is 2.89. The molecule has 0 aliphatic carbocycles. The lowest BCUT2D eigenvalue weighted by molar-refractivity contribution is 0.453. The van der Waals surface area contributed by atoms with Crippen molar-refractivity contribution in [1.29, 1.82) is 5.26 Å². The van der Waals surface area contributed by atoms with Crippen LogP contribution in [0.2, 0.25) is 0 Å². The van der Waals surface area contributed by atoms with Crippen molar-refractivity contribution in [1.82, 2.24) is 15.3 Å². The summed E-state index contributed by atoms with van der Waals surface area (Å²) in [7, 11) is 0. The first kappa shape index (κ1) is 15.1. The predicted molar refractivity (Wildman–Crippen MR) is 84.8 cm³/mol. The van der Waals surface area contributed by atoms with Gasteiger partial charge in [-0.2, -0.15) is 5.26 Å². The zero-order valence-corrected chi connectivity index (χ0v) is 12.5. The predicted octanol–water partition coefficient (Wildman–Crippen LogP) is 1.48. The van der Waals surface area contributed by atoms with E-state index in [4.69, 9.17) is 5.73 Å². The fraction of sp³-hybridized carbons (Fsp3) is 0.312. The van der Waals surface area contributed by atoms with Crippen LogP contribution in [0.15, 0.2) is 18.2 Å². The fourth-order valence-electron chi connectivity index (χ4n) is 2.81. The summed E-state index contributed by atoms with van der Waals surface area (Å²) < 4.78 is 0. The highest BCUT2D eigenvalue weighted by Gasteiger charge is 2.24. The SMILES string of the molecule is N#Cc1c(N)nc(-c2cc(O)ccc2O)nc1[C@H]1CCCNC1. The zero-order valence-electron chi connectivity index (χ0n) is 12.5. The van der Waals surface area contributed by atoms with Gasteiger partial charge < -0.3 is 21.3 Å². The van der Waals surface area contributed by atoms with Gasteiger partial charge >= 0.3 is 0 Å². The Bertz CT molecular complexity index is 779. The number of nitrogens with two attached hydrogens (primary N) is 1. The van der Waals surface area contributed by atoms with Crippen LogP contribution in [0, 0.1) is 11.3 Å². The maximum atomic E-state index is 10.00. The lowest BCUT2D eigenvalue weighted by Gasteiger charge is -2.23. The van der Waals surface area contributed by atoms with E-state index in [1.54, 1.807) is 0 Å². The minimum Gasteiger partial charge on any atom is -0.508 e. The van der Waals surface area contributed by atoms with Crippen molar-refractivity contribution in [2.45, 2.75) is 18.8 Å². The number of nitriles is 1. The lowest BCUT2D eigenvalue weighted by atomic mass is 9.93. The summed E-state index contributed by atoms with van der Waals surface area (Å²) in [6.07, 6.45) is 1.90. The molecule has 0 bridgehead atoms. The van der Waals surface area contributed by atoms with Crippen molar-refractivity contribution in [3.8, 4) is 29.0 Å². The standard InChI is InChI=1S/C16H17N5O2/c17-7-12-14(9-2-1-5-19-8-9)20-16(21-15(12)18)11-6-10(22)3-4-13(11)23/h3-4,6,9,19,22-23H,1-2,5,8H2,(H2,18,20,21)/t9-/m0/s1. The van der Waals surface area contributed by atoms with Gasteiger partial charge in [0.2, 0.25) is 0 Å². The van der Waals surface area contributed by atoms with Gasteiger partial charge in [0.25, 0.3) is 0 Å². The zero-order chi connectivity index (χ0) is 16.4. The van der Waals surface area contributed by atoms with Crippen LogP contribution in [0.5, 0.6) is 11.5 Å². The molecule has 7 nitrogen and oxygen atoms in total. The summed E-state index contributed by atoms with van der Waals surface area (Å²) in [6.45, 7) is 1.66. The second-order valence-electron chi connectivity index (χ2n) is 5.55. The fourth-order valence-corrected chi connectivity index (χ4v) is 2.81. The Hall–Kier alpha value is -2.85. The molecule has 1 saturated heterocycles. The molecule has 0 spiro atoms. The first-order valence-electron chi connectivity index (χ1n) is 7.40. The highest BCUT2D eigenvalue weighted by atomic mass is 16.3. The summed E-state index contributed by atoms with van der Waals surface area (Å²) >= 11 is 0. The van der Waals surface area contributed by atoms with Gasteiger partial charge in [0.1, 0.15) is 28.9 Å². The highest BCUT2D eigenvalue weighted by Crippen LogP contribution is 2.33. The minimum atomic E-state index is -0.0559. The van der Waals surface area contributed by atoms with E-state index < -0.39 is 0 Å². The van der Waals surface area contributed by atoms with E-state index in [9.17, 15) is 15.5 Å². The summed E-state index contributed by atoms with van der Waals surface area (Å²) in [5.74, 6) is 0.294.